The molecule has 0 bridgehead atoms. The molecule has 1 atom stereocenters. The largest absolute Gasteiger partial charge is 0.482 e. The molecule has 1 aromatic rings. The first-order valence-electron chi connectivity index (χ1n) is 6.81. The summed E-state index contributed by atoms with van der Waals surface area (Å²) >= 11 is 0. The number of amides is 2. The third-order valence-corrected chi connectivity index (χ3v) is 3.54. The number of hydrogen-bond acceptors (Lipinski definition) is 4. The average molecular weight is 287 g/mol. The lowest BCUT2D eigenvalue weighted by atomic mass is 9.97. The van der Waals surface area contributed by atoms with Gasteiger partial charge in [-0.25, -0.2) is 0 Å². The lowest BCUT2D eigenvalue weighted by Crippen LogP contribution is -2.45. The third-order valence-electron chi connectivity index (χ3n) is 3.54. The van der Waals surface area contributed by atoms with Crippen molar-refractivity contribution in [2.24, 2.45) is 11.7 Å². The second kappa shape index (κ2) is 6.75. The van der Waals surface area contributed by atoms with Crippen molar-refractivity contribution in [2.45, 2.75) is 12.8 Å². The van der Waals surface area contributed by atoms with Crippen LogP contribution < -0.4 is 10.5 Å². The highest BCUT2D eigenvalue weighted by atomic mass is 16.5. The zero-order valence-electron chi connectivity index (χ0n) is 11.6. The van der Waals surface area contributed by atoms with Gasteiger partial charge in [-0.05, 0) is 25.0 Å². The molecular formula is C15H17N3O3. The number of ether oxygens (including phenoxy) is 1. The van der Waals surface area contributed by atoms with Gasteiger partial charge in [-0.15, -0.1) is 0 Å². The minimum atomic E-state index is -0.372. The number of hydrogen-bond donors (Lipinski definition) is 1. The van der Waals surface area contributed by atoms with Crippen molar-refractivity contribution in [3.05, 3.63) is 29.8 Å². The molecule has 0 aliphatic carbocycles. The summed E-state index contributed by atoms with van der Waals surface area (Å²) in [5.74, 6) is -0.470. The molecule has 0 saturated carbocycles. The molecule has 1 aromatic carbocycles. The van der Waals surface area contributed by atoms with Crippen LogP contribution >= 0.6 is 0 Å². The molecule has 21 heavy (non-hydrogen) atoms. The van der Waals surface area contributed by atoms with Gasteiger partial charge in [0.1, 0.15) is 11.8 Å². The zero-order valence-corrected chi connectivity index (χ0v) is 11.6. The number of primary amides is 1. The van der Waals surface area contributed by atoms with Crippen LogP contribution in [0.5, 0.6) is 5.75 Å². The first-order chi connectivity index (χ1) is 10.1. The van der Waals surface area contributed by atoms with E-state index in [1.807, 2.05) is 6.07 Å². The minimum Gasteiger partial charge on any atom is -0.482 e. The fraction of sp³-hybridized carbons (Fsp3) is 0.400. The molecule has 1 aliphatic rings. The van der Waals surface area contributed by atoms with E-state index in [1.54, 1.807) is 29.2 Å². The van der Waals surface area contributed by atoms with Gasteiger partial charge in [0.15, 0.2) is 6.61 Å². The van der Waals surface area contributed by atoms with E-state index in [2.05, 4.69) is 0 Å². The highest BCUT2D eigenvalue weighted by Crippen LogP contribution is 2.18. The SMILES string of the molecule is N#Cc1ccccc1OCC(=O)N1CCCC(C(N)=O)C1. The molecule has 6 heteroatoms. The third kappa shape index (κ3) is 3.72. The summed E-state index contributed by atoms with van der Waals surface area (Å²) in [5.41, 5.74) is 5.68. The number of nitrogens with two attached hydrogens (primary N) is 1. The number of carbonyl (C=O) groups excluding carboxylic acids is 2. The summed E-state index contributed by atoms with van der Waals surface area (Å²) in [6.45, 7) is 0.799. The number of benzene rings is 1. The van der Waals surface area contributed by atoms with E-state index in [0.717, 1.165) is 12.8 Å². The number of rotatable bonds is 4. The van der Waals surface area contributed by atoms with E-state index in [0.29, 0.717) is 24.4 Å². The van der Waals surface area contributed by atoms with Gasteiger partial charge in [-0.1, -0.05) is 12.1 Å². The molecule has 2 rings (SSSR count). The highest BCUT2D eigenvalue weighted by Gasteiger charge is 2.27. The molecule has 0 aromatic heterocycles. The minimum absolute atomic E-state index is 0.149. The summed E-state index contributed by atoms with van der Waals surface area (Å²) in [4.78, 5) is 24.9. The van der Waals surface area contributed by atoms with Crippen molar-refractivity contribution < 1.29 is 14.3 Å². The van der Waals surface area contributed by atoms with Gasteiger partial charge in [0.25, 0.3) is 5.91 Å². The topological polar surface area (TPSA) is 96.4 Å². The van der Waals surface area contributed by atoms with Crippen LogP contribution in [0.1, 0.15) is 18.4 Å². The lowest BCUT2D eigenvalue weighted by molar-refractivity contribution is -0.136. The van der Waals surface area contributed by atoms with Gasteiger partial charge in [-0.2, -0.15) is 5.26 Å². The Labute approximate surface area is 123 Å². The van der Waals surface area contributed by atoms with Crippen LogP contribution in [-0.2, 0) is 9.59 Å². The van der Waals surface area contributed by atoms with Crippen molar-refractivity contribution >= 4 is 11.8 Å². The van der Waals surface area contributed by atoms with Crippen LogP contribution in [0.2, 0.25) is 0 Å². The first kappa shape index (κ1) is 14.9. The monoisotopic (exact) mass is 287 g/mol. The van der Waals surface area contributed by atoms with Crippen molar-refractivity contribution in [1.29, 1.82) is 5.26 Å². The summed E-state index contributed by atoms with van der Waals surface area (Å²) in [6, 6.07) is 8.76. The van der Waals surface area contributed by atoms with E-state index < -0.39 is 0 Å². The predicted octanol–water partition coefficient (Wildman–Crippen LogP) is 0.661. The number of nitriles is 1. The van der Waals surface area contributed by atoms with Crippen LogP contribution in [0.15, 0.2) is 24.3 Å². The summed E-state index contributed by atoms with van der Waals surface area (Å²) < 4.78 is 5.41. The first-order valence-corrected chi connectivity index (χ1v) is 6.81. The smallest absolute Gasteiger partial charge is 0.260 e. The van der Waals surface area contributed by atoms with Crippen LogP contribution in [0.4, 0.5) is 0 Å². The van der Waals surface area contributed by atoms with Gasteiger partial charge in [0.2, 0.25) is 5.91 Å². The summed E-state index contributed by atoms with van der Waals surface area (Å²) in [7, 11) is 0. The standard InChI is InChI=1S/C15H17N3O3/c16-8-11-4-1-2-6-13(11)21-10-14(19)18-7-3-5-12(9-18)15(17)20/h1-2,4,6,12H,3,5,7,9-10H2,(H2,17,20). The lowest BCUT2D eigenvalue weighted by Gasteiger charge is -2.31. The molecule has 2 amide bonds. The molecule has 1 saturated heterocycles. The molecule has 0 radical (unpaired) electrons. The van der Waals surface area contributed by atoms with Crippen molar-refractivity contribution in [2.75, 3.05) is 19.7 Å². The van der Waals surface area contributed by atoms with Crippen LogP contribution in [0.3, 0.4) is 0 Å². The molecule has 1 fully saturated rings. The van der Waals surface area contributed by atoms with Gasteiger partial charge in [-0.3, -0.25) is 9.59 Å². The molecule has 2 N–H and O–H groups in total. The Bertz CT molecular complexity index is 580. The number of piperidine rings is 1. The number of carbonyl (C=O) groups is 2. The maximum atomic E-state index is 12.1. The Morgan fingerprint density at radius 1 is 1.43 bits per heavy atom. The van der Waals surface area contributed by atoms with Crippen molar-refractivity contribution in [3.8, 4) is 11.8 Å². The van der Waals surface area contributed by atoms with E-state index in [4.69, 9.17) is 15.7 Å². The Kier molecular flexibility index (Phi) is 4.77. The quantitative estimate of drug-likeness (QED) is 0.879. The van der Waals surface area contributed by atoms with Crippen LogP contribution in [-0.4, -0.2) is 36.4 Å². The Hall–Kier alpha value is -2.55. The van der Waals surface area contributed by atoms with E-state index in [9.17, 15) is 9.59 Å². The number of likely N-dealkylation sites (tertiary alicyclic amines) is 1. The van der Waals surface area contributed by atoms with E-state index in [-0.39, 0.29) is 24.3 Å². The highest BCUT2D eigenvalue weighted by molar-refractivity contribution is 5.81. The van der Waals surface area contributed by atoms with Gasteiger partial charge < -0.3 is 15.4 Å². The Morgan fingerprint density at radius 2 is 2.19 bits per heavy atom. The maximum absolute atomic E-state index is 12.1. The molecular weight excluding hydrogens is 270 g/mol. The Morgan fingerprint density at radius 3 is 2.90 bits per heavy atom. The summed E-state index contributed by atoms with van der Waals surface area (Å²) in [5, 5.41) is 8.95. The van der Waals surface area contributed by atoms with Gasteiger partial charge >= 0.3 is 0 Å². The Balaban J connectivity index is 1.93. The summed E-state index contributed by atoms with van der Waals surface area (Å²) in [6.07, 6.45) is 1.48. The van der Waals surface area contributed by atoms with Gasteiger partial charge in [0.05, 0.1) is 11.5 Å². The normalized spacial score (nSPS) is 17.9. The predicted molar refractivity (Wildman–Crippen MR) is 75.2 cm³/mol. The van der Waals surface area contributed by atoms with Crippen molar-refractivity contribution in [1.82, 2.24) is 4.90 Å². The molecule has 6 nitrogen and oxygen atoms in total. The molecule has 1 heterocycles. The molecule has 1 unspecified atom stereocenters. The average Bonchev–Trinajstić information content (AvgIpc) is 2.52. The van der Waals surface area contributed by atoms with Crippen LogP contribution in [0, 0.1) is 17.2 Å². The molecule has 0 spiro atoms. The molecule has 1 aliphatic heterocycles. The fourth-order valence-electron chi connectivity index (χ4n) is 2.35. The second-order valence-electron chi connectivity index (χ2n) is 4.98. The number of para-hydroxylation sites is 1. The van der Waals surface area contributed by atoms with E-state index in [1.165, 1.54) is 0 Å². The van der Waals surface area contributed by atoms with Crippen LogP contribution in [0.25, 0.3) is 0 Å². The zero-order chi connectivity index (χ0) is 15.2. The maximum Gasteiger partial charge on any atom is 0.260 e. The second-order valence-corrected chi connectivity index (χ2v) is 4.98. The fourth-order valence-corrected chi connectivity index (χ4v) is 2.35. The van der Waals surface area contributed by atoms with Gasteiger partial charge in [0, 0.05) is 13.1 Å². The van der Waals surface area contributed by atoms with Crippen molar-refractivity contribution in [3.63, 3.8) is 0 Å². The number of nitrogens with zero attached hydrogens (tertiary/aromatic N) is 2. The van der Waals surface area contributed by atoms with E-state index >= 15 is 0 Å². The molecule has 110 valence electrons.